The summed E-state index contributed by atoms with van der Waals surface area (Å²) >= 11 is 0. The Morgan fingerprint density at radius 3 is 2.59 bits per heavy atom. The number of anilines is 1. The van der Waals surface area contributed by atoms with E-state index in [1.54, 1.807) is 12.1 Å². The van der Waals surface area contributed by atoms with Crippen molar-refractivity contribution in [1.29, 1.82) is 0 Å². The number of rotatable bonds is 6. The average Bonchev–Trinajstić information content (AvgIpc) is 2.70. The fourth-order valence-electron chi connectivity index (χ4n) is 2.72. The van der Waals surface area contributed by atoms with Crippen LogP contribution in [-0.2, 0) is 27.6 Å². The highest BCUT2D eigenvalue weighted by molar-refractivity contribution is 7.91. The van der Waals surface area contributed by atoms with E-state index >= 15 is 0 Å². The normalized spacial score (nSPS) is 11.2. The SMILES string of the molecule is CCc1ccccc1NC(=O)Cn1nc(S(=O)(=O)c2cccc(F)c2)ccc1=O. The van der Waals surface area contributed by atoms with Crippen LogP contribution in [-0.4, -0.2) is 24.1 Å². The summed E-state index contributed by atoms with van der Waals surface area (Å²) in [6.45, 7) is 1.47. The van der Waals surface area contributed by atoms with Gasteiger partial charge < -0.3 is 5.32 Å². The standard InChI is InChI=1S/C20H18FN3O4S/c1-2-14-6-3-4-9-17(14)22-18(25)13-24-20(26)11-10-19(23-24)29(27,28)16-8-5-7-15(21)12-16/h3-12H,2,13H2,1H3,(H,22,25). The number of aryl methyl sites for hydroxylation is 1. The molecule has 0 fully saturated rings. The average molecular weight is 415 g/mol. The maximum Gasteiger partial charge on any atom is 0.267 e. The van der Waals surface area contributed by atoms with Crippen molar-refractivity contribution in [2.24, 2.45) is 0 Å². The number of nitrogens with zero attached hydrogens (tertiary/aromatic N) is 2. The minimum absolute atomic E-state index is 0.295. The molecule has 29 heavy (non-hydrogen) atoms. The fraction of sp³-hybridized carbons (Fsp3) is 0.150. The van der Waals surface area contributed by atoms with Crippen molar-refractivity contribution in [2.45, 2.75) is 29.8 Å². The minimum Gasteiger partial charge on any atom is -0.324 e. The highest BCUT2D eigenvalue weighted by Gasteiger charge is 2.21. The fourth-order valence-corrected chi connectivity index (χ4v) is 3.94. The zero-order valence-corrected chi connectivity index (χ0v) is 16.3. The summed E-state index contributed by atoms with van der Waals surface area (Å²) in [6.07, 6.45) is 0.704. The molecule has 1 aromatic heterocycles. The molecular formula is C20H18FN3O4S. The third kappa shape index (κ3) is 4.57. The monoisotopic (exact) mass is 415 g/mol. The van der Waals surface area contributed by atoms with Gasteiger partial charge in [-0.05, 0) is 42.3 Å². The van der Waals surface area contributed by atoms with Gasteiger partial charge in [-0.3, -0.25) is 9.59 Å². The lowest BCUT2D eigenvalue weighted by molar-refractivity contribution is -0.117. The summed E-state index contributed by atoms with van der Waals surface area (Å²) in [5, 5.41) is 6.05. The van der Waals surface area contributed by atoms with E-state index in [4.69, 9.17) is 0 Å². The first-order chi connectivity index (χ1) is 13.8. The molecule has 3 rings (SSSR count). The largest absolute Gasteiger partial charge is 0.324 e. The van der Waals surface area contributed by atoms with E-state index in [2.05, 4.69) is 10.4 Å². The molecule has 1 heterocycles. The van der Waals surface area contributed by atoms with Crippen molar-refractivity contribution >= 4 is 21.4 Å². The number of hydrogen-bond acceptors (Lipinski definition) is 5. The van der Waals surface area contributed by atoms with Gasteiger partial charge in [0.25, 0.3) is 5.56 Å². The molecule has 0 saturated carbocycles. The van der Waals surface area contributed by atoms with Gasteiger partial charge in [0.1, 0.15) is 12.4 Å². The van der Waals surface area contributed by atoms with Gasteiger partial charge >= 0.3 is 0 Å². The van der Waals surface area contributed by atoms with Gasteiger partial charge in [0.2, 0.25) is 15.7 Å². The third-order valence-corrected chi connectivity index (χ3v) is 5.83. The van der Waals surface area contributed by atoms with Gasteiger partial charge in [-0.15, -0.1) is 0 Å². The van der Waals surface area contributed by atoms with E-state index in [0.29, 0.717) is 12.1 Å². The second-order valence-corrected chi connectivity index (χ2v) is 8.08. The summed E-state index contributed by atoms with van der Waals surface area (Å²) in [4.78, 5) is 24.1. The highest BCUT2D eigenvalue weighted by atomic mass is 32.2. The highest BCUT2D eigenvalue weighted by Crippen LogP contribution is 2.19. The van der Waals surface area contributed by atoms with Crippen molar-refractivity contribution in [2.75, 3.05) is 5.32 Å². The van der Waals surface area contributed by atoms with Crippen LogP contribution in [0.3, 0.4) is 0 Å². The summed E-state index contributed by atoms with van der Waals surface area (Å²) < 4.78 is 39.5. The third-order valence-electron chi connectivity index (χ3n) is 4.19. The molecular weight excluding hydrogens is 397 g/mol. The molecule has 9 heteroatoms. The van der Waals surface area contributed by atoms with E-state index in [0.717, 1.165) is 34.5 Å². The number of carbonyl (C=O) groups excluding carboxylic acids is 1. The maximum atomic E-state index is 13.4. The molecule has 2 aromatic carbocycles. The molecule has 0 aliphatic rings. The van der Waals surface area contributed by atoms with Crippen LogP contribution in [0.1, 0.15) is 12.5 Å². The maximum absolute atomic E-state index is 13.4. The van der Waals surface area contributed by atoms with Gasteiger partial charge in [0.15, 0.2) is 5.03 Å². The van der Waals surface area contributed by atoms with Gasteiger partial charge in [-0.1, -0.05) is 31.2 Å². The van der Waals surface area contributed by atoms with Crippen LogP contribution in [0.15, 0.2) is 75.4 Å². The van der Waals surface area contributed by atoms with E-state index < -0.39 is 38.7 Å². The van der Waals surface area contributed by atoms with E-state index in [1.165, 1.54) is 12.1 Å². The summed E-state index contributed by atoms with van der Waals surface area (Å²) in [5.74, 6) is -1.24. The van der Waals surface area contributed by atoms with Crippen LogP contribution in [0.2, 0.25) is 0 Å². The molecule has 0 bridgehead atoms. The van der Waals surface area contributed by atoms with Crippen molar-refractivity contribution in [3.63, 3.8) is 0 Å². The van der Waals surface area contributed by atoms with Crippen molar-refractivity contribution in [1.82, 2.24) is 9.78 Å². The molecule has 3 aromatic rings. The lowest BCUT2D eigenvalue weighted by Crippen LogP contribution is -2.30. The topological polar surface area (TPSA) is 98.1 Å². The number of amides is 1. The molecule has 7 nitrogen and oxygen atoms in total. The van der Waals surface area contributed by atoms with Gasteiger partial charge in [-0.2, -0.15) is 5.10 Å². The van der Waals surface area contributed by atoms with Gasteiger partial charge in [-0.25, -0.2) is 17.5 Å². The van der Waals surface area contributed by atoms with Crippen LogP contribution in [0.25, 0.3) is 0 Å². The quantitative estimate of drug-likeness (QED) is 0.667. The second-order valence-electron chi connectivity index (χ2n) is 6.19. The number of carbonyl (C=O) groups is 1. The molecule has 150 valence electrons. The predicted octanol–water partition coefficient (Wildman–Crippen LogP) is 2.42. The summed E-state index contributed by atoms with van der Waals surface area (Å²) in [6, 6.07) is 13.7. The molecule has 0 aliphatic heterocycles. The number of para-hydroxylation sites is 1. The molecule has 0 radical (unpaired) electrons. The Kier molecular flexibility index (Phi) is 5.88. The van der Waals surface area contributed by atoms with Crippen LogP contribution in [0, 0.1) is 5.82 Å². The number of benzene rings is 2. The Morgan fingerprint density at radius 1 is 1.10 bits per heavy atom. The number of sulfone groups is 1. The lowest BCUT2D eigenvalue weighted by Gasteiger charge is -2.11. The van der Waals surface area contributed by atoms with Crippen molar-refractivity contribution in [3.8, 4) is 0 Å². The molecule has 0 atom stereocenters. The van der Waals surface area contributed by atoms with Crippen LogP contribution in [0.5, 0.6) is 0 Å². The molecule has 1 N–H and O–H groups in total. The first-order valence-electron chi connectivity index (χ1n) is 8.78. The van der Waals surface area contributed by atoms with Gasteiger partial charge in [0.05, 0.1) is 4.90 Å². The van der Waals surface area contributed by atoms with Crippen LogP contribution >= 0.6 is 0 Å². The summed E-state index contributed by atoms with van der Waals surface area (Å²) in [7, 11) is -4.15. The van der Waals surface area contributed by atoms with E-state index in [-0.39, 0.29) is 4.90 Å². The second kappa shape index (κ2) is 8.36. The molecule has 0 saturated heterocycles. The molecule has 0 unspecified atom stereocenters. The number of hydrogen-bond donors (Lipinski definition) is 1. The molecule has 0 aliphatic carbocycles. The number of halogens is 1. The molecule has 0 spiro atoms. The smallest absolute Gasteiger partial charge is 0.267 e. The zero-order valence-electron chi connectivity index (χ0n) is 15.5. The van der Waals surface area contributed by atoms with Crippen molar-refractivity contribution in [3.05, 3.63) is 82.4 Å². The zero-order chi connectivity index (χ0) is 21.0. The lowest BCUT2D eigenvalue weighted by atomic mass is 10.1. The Hall–Kier alpha value is -3.33. The van der Waals surface area contributed by atoms with Crippen LogP contribution in [0.4, 0.5) is 10.1 Å². The van der Waals surface area contributed by atoms with Crippen LogP contribution < -0.4 is 10.9 Å². The first kappa shape index (κ1) is 20.4. The number of aromatic nitrogens is 2. The first-order valence-corrected chi connectivity index (χ1v) is 10.3. The summed E-state index contributed by atoms with van der Waals surface area (Å²) in [5.41, 5.74) is 0.891. The Balaban J connectivity index is 1.88. The Bertz CT molecular complexity index is 1220. The molecule has 1 amide bonds. The Labute approximate surface area is 166 Å². The Morgan fingerprint density at radius 2 is 1.86 bits per heavy atom. The van der Waals surface area contributed by atoms with Gasteiger partial charge in [0, 0.05) is 11.8 Å². The predicted molar refractivity (Wildman–Crippen MR) is 105 cm³/mol. The number of nitrogens with one attached hydrogen (secondary N) is 1. The minimum atomic E-state index is -4.15. The van der Waals surface area contributed by atoms with Crippen molar-refractivity contribution < 1.29 is 17.6 Å². The van der Waals surface area contributed by atoms with E-state index in [1.807, 2.05) is 19.1 Å². The van der Waals surface area contributed by atoms with E-state index in [9.17, 15) is 22.4 Å².